The molecular formula is C36H43BrN4O8. The Morgan fingerprint density at radius 2 is 1.12 bits per heavy atom. The number of fused-ring (bicyclic) bond motifs is 2. The number of nitrogens with one attached hydrogen (secondary N) is 2. The lowest BCUT2D eigenvalue weighted by atomic mass is 10.0. The molecule has 12 nitrogen and oxygen atoms in total. The SMILES string of the molecule is C.CC(=O)C1=Cc2ccc(Br)cc2N=C(NC(=O)OC(C)(C)C)C1.CC(=O)C1=Cc2ccc(C(=O)O)cc2N=C(NC(=O)OC(C)(C)C)C1. The van der Waals surface area contributed by atoms with Gasteiger partial charge in [0.2, 0.25) is 0 Å². The van der Waals surface area contributed by atoms with Gasteiger partial charge in [-0.05, 0) is 91.8 Å². The molecule has 0 saturated heterocycles. The minimum atomic E-state index is -1.08. The van der Waals surface area contributed by atoms with Crippen LogP contribution in [0, 0.1) is 0 Å². The van der Waals surface area contributed by atoms with Gasteiger partial charge in [-0.15, -0.1) is 0 Å². The molecule has 0 aromatic heterocycles. The standard InChI is InChI=1S/C18H20N2O5.C17H19BrN2O3.CH4/c1-10(21)13-7-11-5-6-12(16(22)23)8-14(11)19-15(9-13)20-17(24)25-18(2,3)4;1-10(21)12-7-11-5-6-13(18)9-14(11)19-15(8-12)20-16(22)23-17(2,3)4;/h5-8H,9H2,1-4H3,(H,22,23)(H,19,20,24);5-7,9H,8H2,1-4H3,(H,19,20,22);1H4. The molecule has 0 fully saturated rings. The lowest BCUT2D eigenvalue weighted by molar-refractivity contribution is -0.114. The monoisotopic (exact) mass is 738 g/mol. The smallest absolute Gasteiger partial charge is 0.413 e. The van der Waals surface area contributed by atoms with Crippen molar-refractivity contribution in [3.05, 3.63) is 68.7 Å². The van der Waals surface area contributed by atoms with Crippen molar-refractivity contribution in [1.82, 2.24) is 10.6 Å². The Bertz CT molecular complexity index is 1780. The van der Waals surface area contributed by atoms with Crippen LogP contribution in [0.25, 0.3) is 12.2 Å². The fraction of sp³-hybridized carbons (Fsp3) is 0.361. The maximum absolute atomic E-state index is 12.0. The Morgan fingerprint density at radius 1 is 0.714 bits per heavy atom. The Hall–Kier alpha value is -4.91. The molecule has 2 aliphatic heterocycles. The second-order valence-corrected chi connectivity index (χ2v) is 13.9. The minimum absolute atomic E-state index is 0. The summed E-state index contributed by atoms with van der Waals surface area (Å²) in [5.41, 5.74) is 2.31. The first-order chi connectivity index (χ1) is 22.2. The largest absolute Gasteiger partial charge is 0.478 e. The van der Waals surface area contributed by atoms with Gasteiger partial charge in [0.1, 0.15) is 22.9 Å². The topological polar surface area (TPSA) is 173 Å². The average Bonchev–Trinajstić information content (AvgIpc) is 3.21. The Kier molecular flexibility index (Phi) is 13.5. The number of aliphatic imine (C=N–C) groups is 2. The highest BCUT2D eigenvalue weighted by atomic mass is 79.9. The Morgan fingerprint density at radius 3 is 1.51 bits per heavy atom. The fourth-order valence-corrected chi connectivity index (χ4v) is 4.63. The summed E-state index contributed by atoms with van der Waals surface area (Å²) >= 11 is 3.40. The summed E-state index contributed by atoms with van der Waals surface area (Å²) in [6.45, 7) is 13.5. The molecule has 0 saturated carbocycles. The number of rotatable bonds is 3. The van der Waals surface area contributed by atoms with E-state index in [-0.39, 0.29) is 43.2 Å². The quantitative estimate of drug-likeness (QED) is 0.282. The number of amidine groups is 2. The Labute approximate surface area is 294 Å². The van der Waals surface area contributed by atoms with Gasteiger partial charge in [-0.2, -0.15) is 0 Å². The van der Waals surface area contributed by atoms with Crippen molar-refractivity contribution in [2.24, 2.45) is 9.98 Å². The number of Topliss-reactive ketones (excluding diaryl/α,β-unsaturated/α-hetero) is 2. The van der Waals surface area contributed by atoms with Gasteiger partial charge in [0.25, 0.3) is 0 Å². The Balaban J connectivity index is 0.000000334. The van der Waals surface area contributed by atoms with E-state index in [1.54, 1.807) is 59.8 Å². The summed E-state index contributed by atoms with van der Waals surface area (Å²) in [5, 5.41) is 14.3. The predicted octanol–water partition coefficient (Wildman–Crippen LogP) is 8.33. The van der Waals surface area contributed by atoms with Crippen molar-refractivity contribution in [3.8, 4) is 0 Å². The van der Waals surface area contributed by atoms with Gasteiger partial charge >= 0.3 is 18.2 Å². The van der Waals surface area contributed by atoms with Crippen molar-refractivity contribution in [1.29, 1.82) is 0 Å². The van der Waals surface area contributed by atoms with Crippen molar-refractivity contribution in [3.63, 3.8) is 0 Å². The molecule has 49 heavy (non-hydrogen) atoms. The number of nitrogens with zero attached hydrogens (tertiary/aromatic N) is 2. The number of carbonyl (C=O) groups excluding carboxylic acids is 4. The lowest BCUT2D eigenvalue weighted by Gasteiger charge is -2.20. The number of carboxylic acids is 1. The van der Waals surface area contributed by atoms with Crippen molar-refractivity contribution < 1.29 is 38.6 Å². The fourth-order valence-electron chi connectivity index (χ4n) is 4.28. The van der Waals surface area contributed by atoms with E-state index in [2.05, 4.69) is 36.5 Å². The highest BCUT2D eigenvalue weighted by molar-refractivity contribution is 9.10. The summed E-state index contributed by atoms with van der Waals surface area (Å²) in [4.78, 5) is 67.6. The first-order valence-corrected chi connectivity index (χ1v) is 15.7. The molecule has 4 rings (SSSR count). The van der Waals surface area contributed by atoms with Crippen LogP contribution in [-0.2, 0) is 19.1 Å². The highest BCUT2D eigenvalue weighted by Crippen LogP contribution is 2.30. The van der Waals surface area contributed by atoms with Crippen molar-refractivity contribution in [2.75, 3.05) is 0 Å². The third-order valence-corrected chi connectivity index (χ3v) is 6.84. The summed E-state index contributed by atoms with van der Waals surface area (Å²) in [6, 6.07) is 10.0. The summed E-state index contributed by atoms with van der Waals surface area (Å²) < 4.78 is 11.3. The van der Waals surface area contributed by atoms with Crippen LogP contribution < -0.4 is 10.6 Å². The summed E-state index contributed by atoms with van der Waals surface area (Å²) in [7, 11) is 0. The molecule has 0 atom stereocenters. The van der Waals surface area contributed by atoms with E-state index in [9.17, 15) is 24.0 Å². The van der Waals surface area contributed by atoms with E-state index in [1.807, 2.05) is 18.2 Å². The van der Waals surface area contributed by atoms with E-state index in [0.717, 1.165) is 10.0 Å². The number of ether oxygens (including phenoxy) is 2. The molecule has 2 aromatic rings. The minimum Gasteiger partial charge on any atom is -0.478 e. The van der Waals surface area contributed by atoms with Gasteiger partial charge < -0.3 is 14.6 Å². The van der Waals surface area contributed by atoms with Gasteiger partial charge in [0.05, 0.1) is 16.9 Å². The normalized spacial score (nSPS) is 13.7. The van der Waals surface area contributed by atoms with Gasteiger partial charge in [-0.25, -0.2) is 24.4 Å². The average molecular weight is 740 g/mol. The molecule has 3 N–H and O–H groups in total. The zero-order valence-corrected chi connectivity index (χ0v) is 29.7. The maximum Gasteiger partial charge on any atom is 0.413 e. The van der Waals surface area contributed by atoms with Gasteiger partial charge in [0.15, 0.2) is 11.6 Å². The maximum atomic E-state index is 12.0. The van der Waals surface area contributed by atoms with Crippen LogP contribution in [0.15, 0.2) is 62.0 Å². The molecule has 0 spiro atoms. The number of ketones is 2. The third-order valence-electron chi connectivity index (χ3n) is 6.35. The van der Waals surface area contributed by atoms with Crippen LogP contribution in [0.5, 0.6) is 0 Å². The molecule has 2 amide bonds. The van der Waals surface area contributed by atoms with Gasteiger partial charge in [0, 0.05) is 39.6 Å². The van der Waals surface area contributed by atoms with Crippen LogP contribution in [0.3, 0.4) is 0 Å². The van der Waals surface area contributed by atoms with E-state index in [4.69, 9.17) is 14.6 Å². The summed E-state index contributed by atoms with van der Waals surface area (Å²) in [5.74, 6) is -0.692. The van der Waals surface area contributed by atoms with E-state index in [0.29, 0.717) is 33.9 Å². The van der Waals surface area contributed by atoms with Gasteiger partial charge in [-0.3, -0.25) is 20.2 Å². The zero-order chi connectivity index (χ0) is 36.0. The molecule has 2 aliphatic rings. The molecular weight excluding hydrogens is 696 g/mol. The molecule has 0 unspecified atom stereocenters. The number of carboxylic acid groups (broad SMARTS) is 1. The van der Waals surface area contributed by atoms with Crippen LogP contribution >= 0.6 is 15.9 Å². The second kappa shape index (κ2) is 16.5. The highest BCUT2D eigenvalue weighted by Gasteiger charge is 2.23. The molecule has 262 valence electrons. The van der Waals surface area contributed by atoms with Crippen LogP contribution in [0.1, 0.15) is 97.1 Å². The molecule has 2 aromatic carbocycles. The number of carbonyl (C=O) groups is 5. The number of alkyl carbamates (subject to hydrolysis) is 2. The summed E-state index contributed by atoms with van der Waals surface area (Å²) in [6.07, 6.45) is 2.55. The van der Waals surface area contributed by atoms with E-state index < -0.39 is 29.4 Å². The lowest BCUT2D eigenvalue weighted by Crippen LogP contribution is -2.36. The van der Waals surface area contributed by atoms with E-state index in [1.165, 1.54) is 26.0 Å². The predicted molar refractivity (Wildman–Crippen MR) is 194 cm³/mol. The third kappa shape index (κ3) is 12.9. The van der Waals surface area contributed by atoms with Gasteiger partial charge in [-0.1, -0.05) is 35.5 Å². The number of amides is 2. The van der Waals surface area contributed by atoms with Crippen LogP contribution in [0.2, 0.25) is 0 Å². The van der Waals surface area contributed by atoms with E-state index >= 15 is 0 Å². The molecule has 0 radical (unpaired) electrons. The first-order valence-electron chi connectivity index (χ1n) is 14.9. The number of hydrogen-bond donors (Lipinski definition) is 3. The number of hydrogen-bond acceptors (Lipinski definition) is 9. The zero-order valence-electron chi connectivity index (χ0n) is 28.1. The van der Waals surface area contributed by atoms with Crippen molar-refractivity contribution in [2.45, 2.75) is 86.9 Å². The first kappa shape index (κ1) is 40.3. The number of aromatic carboxylic acids is 1. The number of halogens is 1. The van der Waals surface area contributed by atoms with Crippen LogP contribution in [-0.4, -0.2) is 57.7 Å². The second-order valence-electron chi connectivity index (χ2n) is 13.0. The van der Waals surface area contributed by atoms with Crippen LogP contribution in [0.4, 0.5) is 21.0 Å². The molecule has 2 heterocycles. The molecule has 13 heteroatoms. The molecule has 0 aliphatic carbocycles. The molecule has 0 bridgehead atoms. The van der Waals surface area contributed by atoms with Crippen molar-refractivity contribution >= 4 is 80.9 Å². The number of benzene rings is 2.